The van der Waals surface area contributed by atoms with Gasteiger partial charge in [-0.05, 0) is 55.2 Å². The Kier molecular flexibility index (Phi) is 4.68. The van der Waals surface area contributed by atoms with Gasteiger partial charge in [0.05, 0.1) is 0 Å². The van der Waals surface area contributed by atoms with Crippen molar-refractivity contribution >= 4 is 17.3 Å². The second-order valence-corrected chi connectivity index (χ2v) is 6.31. The molecule has 0 bridgehead atoms. The molecule has 1 aliphatic carbocycles. The fraction of sp³-hybridized carbons (Fsp3) is 0.333. The molecule has 0 saturated heterocycles. The molecule has 0 amide bonds. The van der Waals surface area contributed by atoms with Crippen LogP contribution in [0.3, 0.4) is 0 Å². The number of hydrogen-bond donors (Lipinski definition) is 1. The van der Waals surface area contributed by atoms with Crippen molar-refractivity contribution in [1.29, 1.82) is 0 Å². The maximum Gasteiger partial charge on any atom is 0.169 e. The lowest BCUT2D eigenvalue weighted by atomic mass is 10.1. The number of benzene rings is 1. The van der Waals surface area contributed by atoms with Crippen LogP contribution in [0.1, 0.15) is 29.5 Å². The number of thiocarbonyl (C=S) groups is 1. The number of aromatic nitrogens is 1. The molecule has 1 saturated carbocycles. The molecule has 4 heteroatoms. The Labute approximate surface area is 137 Å². The minimum absolute atomic E-state index is 0.574. The first kappa shape index (κ1) is 15.0. The average molecular weight is 311 g/mol. The minimum atomic E-state index is 0.574. The van der Waals surface area contributed by atoms with Gasteiger partial charge in [0.25, 0.3) is 0 Å². The van der Waals surface area contributed by atoms with Crippen LogP contribution in [0.5, 0.6) is 0 Å². The largest absolute Gasteiger partial charge is 0.360 e. The molecule has 0 spiro atoms. The molecular formula is C18H21N3S. The summed E-state index contributed by atoms with van der Waals surface area (Å²) in [4.78, 5) is 6.31. The normalized spacial score (nSPS) is 13.7. The third-order valence-electron chi connectivity index (χ3n) is 3.81. The van der Waals surface area contributed by atoms with Gasteiger partial charge >= 0.3 is 0 Å². The van der Waals surface area contributed by atoms with E-state index >= 15 is 0 Å². The third-order valence-corrected chi connectivity index (χ3v) is 4.19. The molecule has 1 aliphatic rings. The van der Waals surface area contributed by atoms with E-state index in [1.54, 1.807) is 0 Å². The molecular weight excluding hydrogens is 290 g/mol. The predicted molar refractivity (Wildman–Crippen MR) is 93.4 cm³/mol. The summed E-state index contributed by atoms with van der Waals surface area (Å²) in [6.07, 6.45) is 6.12. The zero-order valence-corrected chi connectivity index (χ0v) is 13.6. The van der Waals surface area contributed by atoms with Gasteiger partial charge in [0, 0.05) is 31.5 Å². The quantitative estimate of drug-likeness (QED) is 0.856. The lowest BCUT2D eigenvalue weighted by Crippen LogP contribution is -2.39. The van der Waals surface area contributed by atoms with Crippen LogP contribution in [0, 0.1) is 6.92 Å². The van der Waals surface area contributed by atoms with Gasteiger partial charge in [0.15, 0.2) is 5.11 Å². The van der Waals surface area contributed by atoms with Crippen LogP contribution in [-0.2, 0) is 13.1 Å². The first-order chi connectivity index (χ1) is 10.7. The number of nitrogens with zero attached hydrogens (tertiary/aromatic N) is 2. The van der Waals surface area contributed by atoms with Crippen molar-refractivity contribution in [2.75, 3.05) is 0 Å². The second-order valence-electron chi connectivity index (χ2n) is 5.92. The van der Waals surface area contributed by atoms with Crippen molar-refractivity contribution in [3.63, 3.8) is 0 Å². The van der Waals surface area contributed by atoms with Gasteiger partial charge in [-0.2, -0.15) is 0 Å². The lowest BCUT2D eigenvalue weighted by molar-refractivity contribution is 0.398. The number of hydrogen-bond acceptors (Lipinski definition) is 2. The highest BCUT2D eigenvalue weighted by Crippen LogP contribution is 2.20. The summed E-state index contributed by atoms with van der Waals surface area (Å²) in [5.41, 5.74) is 3.78. The van der Waals surface area contributed by atoms with E-state index in [4.69, 9.17) is 12.2 Å². The van der Waals surface area contributed by atoms with Gasteiger partial charge in [-0.25, -0.2) is 0 Å². The standard InChI is InChI=1S/C18H21N3S/c1-14-2-4-15(5-3-14)12-21(18(22)20-17-6-7-17)13-16-8-10-19-11-9-16/h2-5,8-11,17H,6-7,12-13H2,1H3,(H,20,22). The van der Waals surface area contributed by atoms with Crippen molar-refractivity contribution in [1.82, 2.24) is 15.2 Å². The van der Waals surface area contributed by atoms with E-state index in [1.165, 1.54) is 29.5 Å². The molecule has 0 radical (unpaired) electrons. The van der Waals surface area contributed by atoms with Crippen molar-refractivity contribution in [2.24, 2.45) is 0 Å². The van der Waals surface area contributed by atoms with Crippen LogP contribution in [0.15, 0.2) is 48.8 Å². The van der Waals surface area contributed by atoms with E-state index in [0.717, 1.165) is 18.2 Å². The molecule has 2 aromatic rings. The zero-order chi connectivity index (χ0) is 15.4. The lowest BCUT2D eigenvalue weighted by Gasteiger charge is -2.26. The van der Waals surface area contributed by atoms with Gasteiger partial charge in [0.2, 0.25) is 0 Å². The van der Waals surface area contributed by atoms with Crippen molar-refractivity contribution in [2.45, 2.75) is 38.9 Å². The highest BCUT2D eigenvalue weighted by molar-refractivity contribution is 7.80. The van der Waals surface area contributed by atoms with Gasteiger partial charge in [-0.3, -0.25) is 4.98 Å². The zero-order valence-electron chi connectivity index (χ0n) is 12.8. The molecule has 1 fully saturated rings. The summed E-state index contributed by atoms with van der Waals surface area (Å²) in [5.74, 6) is 0. The highest BCUT2D eigenvalue weighted by Gasteiger charge is 2.24. The molecule has 1 aromatic carbocycles. The van der Waals surface area contributed by atoms with Crippen LogP contribution in [0.25, 0.3) is 0 Å². The van der Waals surface area contributed by atoms with Crippen molar-refractivity contribution in [3.8, 4) is 0 Å². The maximum absolute atomic E-state index is 5.61. The SMILES string of the molecule is Cc1ccc(CN(Cc2ccncc2)C(=S)NC2CC2)cc1. The van der Waals surface area contributed by atoms with E-state index in [-0.39, 0.29) is 0 Å². The van der Waals surface area contributed by atoms with Gasteiger partial charge in [0.1, 0.15) is 0 Å². The van der Waals surface area contributed by atoms with Gasteiger partial charge in [-0.15, -0.1) is 0 Å². The Balaban J connectivity index is 1.72. The van der Waals surface area contributed by atoms with Crippen LogP contribution in [-0.4, -0.2) is 21.0 Å². The maximum atomic E-state index is 5.61. The Morgan fingerprint density at radius 2 is 1.68 bits per heavy atom. The summed E-state index contributed by atoms with van der Waals surface area (Å²) < 4.78 is 0. The van der Waals surface area contributed by atoms with Crippen LogP contribution < -0.4 is 5.32 Å². The molecule has 3 rings (SSSR count). The number of pyridine rings is 1. The summed E-state index contributed by atoms with van der Waals surface area (Å²) in [6.45, 7) is 3.73. The Morgan fingerprint density at radius 1 is 1.09 bits per heavy atom. The highest BCUT2D eigenvalue weighted by atomic mass is 32.1. The van der Waals surface area contributed by atoms with Gasteiger partial charge < -0.3 is 10.2 Å². The molecule has 0 unspecified atom stereocenters. The molecule has 0 atom stereocenters. The monoisotopic (exact) mass is 311 g/mol. The van der Waals surface area contributed by atoms with E-state index in [0.29, 0.717) is 6.04 Å². The third kappa shape index (κ3) is 4.28. The van der Waals surface area contributed by atoms with Crippen LogP contribution in [0.2, 0.25) is 0 Å². The first-order valence-corrected chi connectivity index (χ1v) is 8.11. The van der Waals surface area contributed by atoms with Crippen LogP contribution in [0.4, 0.5) is 0 Å². The molecule has 22 heavy (non-hydrogen) atoms. The number of rotatable bonds is 5. The predicted octanol–water partition coefficient (Wildman–Crippen LogP) is 3.43. The van der Waals surface area contributed by atoms with Gasteiger partial charge in [-0.1, -0.05) is 29.8 Å². The fourth-order valence-corrected chi connectivity index (χ4v) is 2.61. The minimum Gasteiger partial charge on any atom is -0.360 e. The topological polar surface area (TPSA) is 28.2 Å². The molecule has 1 N–H and O–H groups in total. The Bertz CT molecular complexity index is 621. The van der Waals surface area contributed by atoms with Crippen molar-refractivity contribution in [3.05, 3.63) is 65.5 Å². The van der Waals surface area contributed by atoms with E-state index < -0.39 is 0 Å². The molecule has 114 valence electrons. The fourth-order valence-electron chi connectivity index (χ4n) is 2.32. The number of nitrogens with one attached hydrogen (secondary N) is 1. The molecule has 3 nitrogen and oxygen atoms in total. The second kappa shape index (κ2) is 6.88. The van der Waals surface area contributed by atoms with Crippen molar-refractivity contribution < 1.29 is 0 Å². The summed E-state index contributed by atoms with van der Waals surface area (Å²) >= 11 is 5.61. The Morgan fingerprint density at radius 3 is 2.27 bits per heavy atom. The molecule has 1 aromatic heterocycles. The Hall–Kier alpha value is -1.94. The molecule has 0 aliphatic heterocycles. The average Bonchev–Trinajstić information content (AvgIpc) is 3.34. The smallest absolute Gasteiger partial charge is 0.169 e. The summed E-state index contributed by atoms with van der Waals surface area (Å²) in [7, 11) is 0. The van der Waals surface area contributed by atoms with E-state index in [1.807, 2.05) is 24.5 Å². The first-order valence-electron chi connectivity index (χ1n) is 7.70. The number of aryl methyl sites for hydroxylation is 1. The van der Waals surface area contributed by atoms with E-state index in [2.05, 4.69) is 46.4 Å². The molecule has 1 heterocycles. The van der Waals surface area contributed by atoms with E-state index in [9.17, 15) is 0 Å². The van der Waals surface area contributed by atoms with Crippen LogP contribution >= 0.6 is 12.2 Å². The summed E-state index contributed by atoms with van der Waals surface area (Å²) in [6, 6.07) is 13.3. The summed E-state index contributed by atoms with van der Waals surface area (Å²) in [5, 5.41) is 4.29.